The molecular weight excluding hydrogens is 278 g/mol. The SMILES string of the molecule is CCCN1CCO[C@H]2c3ccc(OC)c(OC)c3CCC[C@@H]21. The lowest BCUT2D eigenvalue weighted by Gasteiger charge is -2.41. The highest BCUT2D eigenvalue weighted by Crippen LogP contribution is 2.43. The molecule has 0 N–H and O–H groups in total. The maximum Gasteiger partial charge on any atom is 0.164 e. The number of fused-ring (bicyclic) bond motifs is 3. The third-order valence-corrected chi connectivity index (χ3v) is 4.92. The van der Waals surface area contributed by atoms with Crippen molar-refractivity contribution in [3.05, 3.63) is 23.3 Å². The first-order chi connectivity index (χ1) is 10.8. The topological polar surface area (TPSA) is 30.9 Å². The minimum absolute atomic E-state index is 0.164. The van der Waals surface area contributed by atoms with Crippen LogP contribution in [-0.4, -0.2) is 44.9 Å². The number of benzene rings is 1. The van der Waals surface area contributed by atoms with Crippen LogP contribution in [0.1, 0.15) is 43.4 Å². The Bertz CT molecular complexity index is 515. The van der Waals surface area contributed by atoms with Gasteiger partial charge in [0.05, 0.1) is 26.9 Å². The van der Waals surface area contributed by atoms with E-state index in [1.54, 1.807) is 14.2 Å². The van der Waals surface area contributed by atoms with Crippen molar-refractivity contribution >= 4 is 0 Å². The average Bonchev–Trinajstić information content (AvgIpc) is 2.74. The standard InChI is InChI=1S/C18H27NO3/c1-4-10-19-11-12-22-17-14-8-9-16(20-2)18(21-3)13(14)6-5-7-15(17)19/h8-9,15,17H,4-7,10-12H2,1-3H3/t15-,17-/m0/s1. The Morgan fingerprint density at radius 2 is 2.14 bits per heavy atom. The predicted molar refractivity (Wildman–Crippen MR) is 86.8 cm³/mol. The van der Waals surface area contributed by atoms with Gasteiger partial charge in [-0.3, -0.25) is 4.90 Å². The van der Waals surface area contributed by atoms with Crippen LogP contribution >= 0.6 is 0 Å². The molecule has 1 aromatic carbocycles. The van der Waals surface area contributed by atoms with Gasteiger partial charge in [0, 0.05) is 18.2 Å². The first kappa shape index (κ1) is 15.6. The van der Waals surface area contributed by atoms with Crippen molar-refractivity contribution in [2.45, 2.75) is 44.8 Å². The van der Waals surface area contributed by atoms with E-state index in [1.807, 2.05) is 6.07 Å². The second-order valence-electron chi connectivity index (χ2n) is 6.16. The van der Waals surface area contributed by atoms with Crippen LogP contribution in [0.25, 0.3) is 0 Å². The fourth-order valence-corrected chi connectivity index (χ4v) is 3.98. The summed E-state index contributed by atoms with van der Waals surface area (Å²) in [6.07, 6.45) is 4.75. The summed E-state index contributed by atoms with van der Waals surface area (Å²) >= 11 is 0. The molecule has 0 radical (unpaired) electrons. The maximum absolute atomic E-state index is 6.20. The van der Waals surface area contributed by atoms with Crippen LogP contribution in [0, 0.1) is 0 Å². The summed E-state index contributed by atoms with van der Waals surface area (Å²) in [6.45, 7) is 5.28. The van der Waals surface area contributed by atoms with Gasteiger partial charge in [0.15, 0.2) is 11.5 Å². The normalized spacial score (nSPS) is 25.0. The quantitative estimate of drug-likeness (QED) is 0.855. The van der Waals surface area contributed by atoms with Gasteiger partial charge in [0.2, 0.25) is 0 Å². The van der Waals surface area contributed by atoms with E-state index in [2.05, 4.69) is 17.9 Å². The highest BCUT2D eigenvalue weighted by Gasteiger charge is 2.36. The van der Waals surface area contributed by atoms with E-state index in [0.29, 0.717) is 6.04 Å². The number of hydrogen-bond acceptors (Lipinski definition) is 4. The van der Waals surface area contributed by atoms with Crippen molar-refractivity contribution in [3.63, 3.8) is 0 Å². The van der Waals surface area contributed by atoms with Crippen molar-refractivity contribution in [1.29, 1.82) is 0 Å². The minimum Gasteiger partial charge on any atom is -0.493 e. The van der Waals surface area contributed by atoms with Crippen LogP contribution in [0.3, 0.4) is 0 Å². The molecule has 2 atom stereocenters. The summed E-state index contributed by atoms with van der Waals surface area (Å²) in [5.74, 6) is 1.71. The number of hydrogen-bond donors (Lipinski definition) is 0. The van der Waals surface area contributed by atoms with Gasteiger partial charge in [-0.15, -0.1) is 0 Å². The Hall–Kier alpha value is -1.26. The molecule has 0 aromatic heterocycles. The molecule has 0 bridgehead atoms. The van der Waals surface area contributed by atoms with Gasteiger partial charge in [-0.1, -0.05) is 13.0 Å². The first-order valence-corrected chi connectivity index (χ1v) is 8.39. The van der Waals surface area contributed by atoms with Crippen LogP contribution in [0.5, 0.6) is 11.5 Å². The van der Waals surface area contributed by atoms with E-state index < -0.39 is 0 Å². The maximum atomic E-state index is 6.20. The van der Waals surface area contributed by atoms with E-state index >= 15 is 0 Å². The fraction of sp³-hybridized carbons (Fsp3) is 0.667. The van der Waals surface area contributed by atoms with Crippen LogP contribution in [0.15, 0.2) is 12.1 Å². The largest absolute Gasteiger partial charge is 0.493 e. The predicted octanol–water partition coefficient (Wildman–Crippen LogP) is 3.19. The molecule has 1 fully saturated rings. The summed E-state index contributed by atoms with van der Waals surface area (Å²) in [4.78, 5) is 2.61. The second-order valence-corrected chi connectivity index (χ2v) is 6.16. The Balaban J connectivity index is 2.00. The molecule has 2 aliphatic rings. The number of methoxy groups -OCH3 is 2. The van der Waals surface area contributed by atoms with Crippen LogP contribution in [0.2, 0.25) is 0 Å². The molecule has 1 heterocycles. The molecule has 0 unspecified atom stereocenters. The van der Waals surface area contributed by atoms with Crippen molar-refractivity contribution in [2.24, 2.45) is 0 Å². The number of ether oxygens (including phenoxy) is 3. The van der Waals surface area contributed by atoms with Gasteiger partial charge < -0.3 is 14.2 Å². The van der Waals surface area contributed by atoms with Gasteiger partial charge >= 0.3 is 0 Å². The zero-order valence-corrected chi connectivity index (χ0v) is 13.9. The van der Waals surface area contributed by atoms with Crippen molar-refractivity contribution in [2.75, 3.05) is 33.9 Å². The number of rotatable bonds is 4. The van der Waals surface area contributed by atoms with E-state index in [9.17, 15) is 0 Å². The van der Waals surface area contributed by atoms with Gasteiger partial charge in [-0.2, -0.15) is 0 Å². The lowest BCUT2D eigenvalue weighted by atomic mass is 9.95. The fourth-order valence-electron chi connectivity index (χ4n) is 3.98. The first-order valence-electron chi connectivity index (χ1n) is 8.39. The molecule has 122 valence electrons. The molecule has 3 rings (SSSR count). The van der Waals surface area contributed by atoms with E-state index in [0.717, 1.165) is 37.6 Å². The van der Waals surface area contributed by atoms with Crippen LogP contribution in [-0.2, 0) is 11.2 Å². The summed E-state index contributed by atoms with van der Waals surface area (Å²) in [5.41, 5.74) is 2.56. The number of morpholine rings is 1. The number of nitrogens with zero attached hydrogens (tertiary/aromatic N) is 1. The summed E-state index contributed by atoms with van der Waals surface area (Å²) in [7, 11) is 3.43. The van der Waals surface area contributed by atoms with Crippen molar-refractivity contribution in [1.82, 2.24) is 4.90 Å². The van der Waals surface area contributed by atoms with Gasteiger partial charge in [0.1, 0.15) is 0 Å². The van der Waals surface area contributed by atoms with Gasteiger partial charge in [-0.25, -0.2) is 0 Å². The molecule has 4 heteroatoms. The molecule has 22 heavy (non-hydrogen) atoms. The molecule has 1 aliphatic carbocycles. The van der Waals surface area contributed by atoms with E-state index in [4.69, 9.17) is 14.2 Å². The molecule has 1 aromatic rings. The summed E-state index contributed by atoms with van der Waals surface area (Å²) in [5, 5.41) is 0. The third kappa shape index (κ3) is 2.70. The smallest absolute Gasteiger partial charge is 0.164 e. The minimum atomic E-state index is 0.164. The lowest BCUT2D eigenvalue weighted by Crippen LogP contribution is -2.47. The Kier molecular flexibility index (Phi) is 4.89. The zero-order chi connectivity index (χ0) is 15.5. The van der Waals surface area contributed by atoms with Crippen molar-refractivity contribution < 1.29 is 14.2 Å². The Labute approximate surface area is 133 Å². The third-order valence-electron chi connectivity index (χ3n) is 4.92. The summed E-state index contributed by atoms with van der Waals surface area (Å²) < 4.78 is 17.3. The monoisotopic (exact) mass is 305 g/mol. The van der Waals surface area contributed by atoms with E-state index in [-0.39, 0.29) is 6.10 Å². The molecule has 0 amide bonds. The van der Waals surface area contributed by atoms with Crippen LogP contribution < -0.4 is 9.47 Å². The van der Waals surface area contributed by atoms with E-state index in [1.165, 1.54) is 30.4 Å². The molecule has 0 spiro atoms. The highest BCUT2D eigenvalue weighted by atomic mass is 16.5. The highest BCUT2D eigenvalue weighted by molar-refractivity contribution is 5.52. The summed E-state index contributed by atoms with van der Waals surface area (Å²) in [6, 6.07) is 4.69. The Morgan fingerprint density at radius 1 is 1.27 bits per heavy atom. The molecule has 1 saturated heterocycles. The molecule has 1 aliphatic heterocycles. The Morgan fingerprint density at radius 3 is 2.86 bits per heavy atom. The van der Waals surface area contributed by atoms with Crippen molar-refractivity contribution in [3.8, 4) is 11.5 Å². The second kappa shape index (κ2) is 6.88. The molecular formula is C18H27NO3. The zero-order valence-electron chi connectivity index (χ0n) is 13.9. The molecule has 0 saturated carbocycles. The van der Waals surface area contributed by atoms with Gasteiger partial charge in [0.25, 0.3) is 0 Å². The van der Waals surface area contributed by atoms with Crippen LogP contribution in [0.4, 0.5) is 0 Å². The average molecular weight is 305 g/mol. The van der Waals surface area contributed by atoms with Gasteiger partial charge in [-0.05, 0) is 43.9 Å². The lowest BCUT2D eigenvalue weighted by molar-refractivity contribution is -0.0745. The molecule has 4 nitrogen and oxygen atoms in total.